The van der Waals surface area contributed by atoms with E-state index in [9.17, 15) is 18.0 Å². The first kappa shape index (κ1) is 22.2. The second-order valence-electron chi connectivity index (χ2n) is 6.46. The average Bonchev–Trinajstić information content (AvgIpc) is 2.70. The number of amides is 1. The number of halogens is 3. The molecular formula is C20H24F3N5O. The second-order valence-corrected chi connectivity index (χ2v) is 6.46. The summed E-state index contributed by atoms with van der Waals surface area (Å²) < 4.78 is 38.6. The van der Waals surface area contributed by atoms with E-state index in [0.29, 0.717) is 30.2 Å². The molecule has 1 atom stereocenters. The number of rotatable bonds is 7. The lowest BCUT2D eigenvalue weighted by molar-refractivity contribution is -0.137. The normalized spacial score (nSPS) is 12.9. The van der Waals surface area contributed by atoms with Crippen LogP contribution in [0.25, 0.3) is 0 Å². The van der Waals surface area contributed by atoms with Crippen molar-refractivity contribution < 1.29 is 18.0 Å². The molecule has 2 aromatic rings. The molecule has 0 aliphatic rings. The summed E-state index contributed by atoms with van der Waals surface area (Å²) in [6, 6.07) is 8.80. The maximum Gasteiger partial charge on any atom is 0.416 e. The highest BCUT2D eigenvalue weighted by Crippen LogP contribution is 2.31. The van der Waals surface area contributed by atoms with E-state index in [-0.39, 0.29) is 18.4 Å². The largest absolute Gasteiger partial charge is 0.416 e. The van der Waals surface area contributed by atoms with Crippen molar-refractivity contribution in [1.82, 2.24) is 15.6 Å². The maximum atomic E-state index is 12.9. The predicted molar refractivity (Wildman–Crippen MR) is 107 cm³/mol. The summed E-state index contributed by atoms with van der Waals surface area (Å²) in [6.45, 7) is 2.37. The standard InChI is InChI=1S/C20H24F3N5O/c1-14(15-5-3-6-16(11-15)20(21,22)23)8-10-26-19(24-2)27-13-18(29)28-17-7-4-9-25-12-17/h3-7,9,11-12,14H,8,10,13H2,1-2H3,(H,28,29)(H2,24,26,27). The van der Waals surface area contributed by atoms with Crippen molar-refractivity contribution in [2.45, 2.75) is 25.4 Å². The zero-order valence-corrected chi connectivity index (χ0v) is 16.3. The Morgan fingerprint density at radius 1 is 1.21 bits per heavy atom. The van der Waals surface area contributed by atoms with Crippen LogP contribution in [-0.4, -0.2) is 37.0 Å². The molecule has 1 heterocycles. The SMILES string of the molecule is CN=C(NCCC(C)c1cccc(C(F)(F)F)c1)NCC(=O)Nc1cccnc1. The minimum Gasteiger partial charge on any atom is -0.356 e. The minimum atomic E-state index is -4.35. The number of benzene rings is 1. The fourth-order valence-electron chi connectivity index (χ4n) is 2.62. The van der Waals surface area contributed by atoms with Gasteiger partial charge >= 0.3 is 6.18 Å². The van der Waals surface area contributed by atoms with E-state index in [1.165, 1.54) is 12.1 Å². The third kappa shape index (κ3) is 7.44. The number of hydrogen-bond donors (Lipinski definition) is 3. The van der Waals surface area contributed by atoms with E-state index in [1.54, 1.807) is 37.6 Å². The number of carbonyl (C=O) groups is 1. The van der Waals surface area contributed by atoms with E-state index in [1.807, 2.05) is 6.92 Å². The first-order chi connectivity index (χ1) is 13.8. The zero-order valence-electron chi connectivity index (χ0n) is 16.3. The van der Waals surface area contributed by atoms with Gasteiger partial charge in [0.1, 0.15) is 0 Å². The number of nitrogens with one attached hydrogen (secondary N) is 3. The number of guanidine groups is 1. The van der Waals surface area contributed by atoms with Crippen LogP contribution in [0.3, 0.4) is 0 Å². The molecule has 0 aliphatic carbocycles. The van der Waals surface area contributed by atoms with Gasteiger partial charge in [0.25, 0.3) is 0 Å². The van der Waals surface area contributed by atoms with Crippen LogP contribution < -0.4 is 16.0 Å². The Kier molecular flexibility index (Phi) is 7.99. The van der Waals surface area contributed by atoms with E-state index in [2.05, 4.69) is 25.9 Å². The number of hydrogen-bond acceptors (Lipinski definition) is 3. The lowest BCUT2D eigenvalue weighted by Gasteiger charge is -2.16. The summed E-state index contributed by atoms with van der Waals surface area (Å²) in [6.07, 6.45) is -0.597. The Hall–Kier alpha value is -3.10. The molecule has 6 nitrogen and oxygen atoms in total. The summed E-state index contributed by atoms with van der Waals surface area (Å²) in [7, 11) is 1.57. The summed E-state index contributed by atoms with van der Waals surface area (Å²) in [5.41, 5.74) is 0.574. The number of aromatic nitrogens is 1. The highest BCUT2D eigenvalue weighted by atomic mass is 19.4. The topological polar surface area (TPSA) is 78.4 Å². The molecular weight excluding hydrogens is 383 g/mol. The van der Waals surface area contributed by atoms with Gasteiger partial charge in [0.15, 0.2) is 5.96 Å². The molecule has 0 fully saturated rings. The van der Waals surface area contributed by atoms with Gasteiger partial charge in [0, 0.05) is 19.8 Å². The first-order valence-electron chi connectivity index (χ1n) is 9.11. The van der Waals surface area contributed by atoms with Crippen LogP contribution >= 0.6 is 0 Å². The predicted octanol–water partition coefficient (Wildman–Crippen LogP) is 3.40. The van der Waals surface area contributed by atoms with Gasteiger partial charge in [-0.3, -0.25) is 14.8 Å². The average molecular weight is 407 g/mol. The van der Waals surface area contributed by atoms with Crippen molar-refractivity contribution >= 4 is 17.6 Å². The quantitative estimate of drug-likeness (QED) is 0.486. The highest BCUT2D eigenvalue weighted by molar-refractivity contribution is 5.94. The summed E-state index contributed by atoms with van der Waals surface area (Å²) in [4.78, 5) is 19.9. The lowest BCUT2D eigenvalue weighted by Crippen LogP contribution is -2.41. The van der Waals surface area contributed by atoms with Crippen molar-refractivity contribution in [3.63, 3.8) is 0 Å². The van der Waals surface area contributed by atoms with Gasteiger partial charge in [-0.1, -0.05) is 25.1 Å². The molecule has 0 spiro atoms. The lowest BCUT2D eigenvalue weighted by atomic mass is 9.96. The van der Waals surface area contributed by atoms with E-state index in [4.69, 9.17) is 0 Å². The second kappa shape index (κ2) is 10.4. The fourth-order valence-corrected chi connectivity index (χ4v) is 2.62. The molecule has 29 heavy (non-hydrogen) atoms. The van der Waals surface area contributed by atoms with Gasteiger partial charge in [0.05, 0.1) is 24.0 Å². The zero-order chi connectivity index (χ0) is 21.3. The molecule has 1 aromatic carbocycles. The molecule has 9 heteroatoms. The van der Waals surface area contributed by atoms with Crippen molar-refractivity contribution in [1.29, 1.82) is 0 Å². The molecule has 0 bridgehead atoms. The molecule has 0 saturated carbocycles. The summed E-state index contributed by atoms with van der Waals surface area (Å²) in [5, 5.41) is 8.64. The third-order valence-corrected chi connectivity index (χ3v) is 4.24. The molecule has 0 aliphatic heterocycles. The van der Waals surface area contributed by atoms with Crippen LogP contribution in [0.5, 0.6) is 0 Å². The highest BCUT2D eigenvalue weighted by Gasteiger charge is 2.30. The Labute approximate surface area is 167 Å². The Morgan fingerprint density at radius 3 is 2.66 bits per heavy atom. The number of pyridine rings is 1. The molecule has 156 valence electrons. The first-order valence-corrected chi connectivity index (χ1v) is 9.11. The van der Waals surface area contributed by atoms with Crippen molar-refractivity contribution in [2.24, 2.45) is 4.99 Å². The summed E-state index contributed by atoms with van der Waals surface area (Å²) in [5.74, 6) is 0.109. The Bertz CT molecular complexity index is 824. The van der Waals surface area contributed by atoms with Crippen molar-refractivity contribution in [3.8, 4) is 0 Å². The molecule has 2 rings (SSSR count). The Morgan fingerprint density at radius 2 is 2.00 bits per heavy atom. The molecule has 1 unspecified atom stereocenters. The number of alkyl halides is 3. The minimum absolute atomic E-state index is 0.0117. The van der Waals surface area contributed by atoms with Gasteiger partial charge in [0.2, 0.25) is 5.91 Å². The Balaban J connectivity index is 1.77. The fraction of sp³-hybridized carbons (Fsp3) is 0.350. The number of aliphatic imine (C=N–C) groups is 1. The van der Waals surface area contributed by atoms with E-state index >= 15 is 0 Å². The van der Waals surface area contributed by atoms with Crippen LogP contribution in [0, 0.1) is 0 Å². The van der Waals surface area contributed by atoms with Gasteiger partial charge < -0.3 is 16.0 Å². The van der Waals surface area contributed by atoms with Crippen molar-refractivity contribution in [2.75, 3.05) is 25.5 Å². The third-order valence-electron chi connectivity index (χ3n) is 4.24. The van der Waals surface area contributed by atoms with Gasteiger partial charge in [-0.15, -0.1) is 0 Å². The van der Waals surface area contributed by atoms with Crippen LogP contribution in [-0.2, 0) is 11.0 Å². The van der Waals surface area contributed by atoms with E-state index in [0.717, 1.165) is 6.07 Å². The molecule has 1 amide bonds. The van der Waals surface area contributed by atoms with Crippen LogP contribution in [0.15, 0.2) is 53.8 Å². The number of carbonyl (C=O) groups excluding carboxylic acids is 1. The van der Waals surface area contributed by atoms with Crippen molar-refractivity contribution in [3.05, 3.63) is 59.9 Å². The van der Waals surface area contributed by atoms with Gasteiger partial charge in [-0.2, -0.15) is 13.2 Å². The van der Waals surface area contributed by atoms with E-state index < -0.39 is 11.7 Å². The monoisotopic (exact) mass is 407 g/mol. The van der Waals surface area contributed by atoms with Crippen LogP contribution in [0.4, 0.5) is 18.9 Å². The van der Waals surface area contributed by atoms with Crippen LogP contribution in [0.1, 0.15) is 30.4 Å². The van der Waals surface area contributed by atoms with Crippen LogP contribution in [0.2, 0.25) is 0 Å². The molecule has 1 aromatic heterocycles. The number of nitrogens with zero attached hydrogens (tertiary/aromatic N) is 2. The molecule has 3 N–H and O–H groups in total. The van der Waals surface area contributed by atoms with Gasteiger partial charge in [-0.25, -0.2) is 0 Å². The maximum absolute atomic E-state index is 12.9. The summed E-state index contributed by atoms with van der Waals surface area (Å²) >= 11 is 0. The number of anilines is 1. The van der Waals surface area contributed by atoms with Gasteiger partial charge in [-0.05, 0) is 36.1 Å². The molecule has 0 saturated heterocycles. The molecule has 0 radical (unpaired) electrons. The smallest absolute Gasteiger partial charge is 0.356 e.